The topological polar surface area (TPSA) is 66.4 Å². The van der Waals surface area contributed by atoms with Gasteiger partial charge in [-0.2, -0.15) is 0 Å². The van der Waals surface area contributed by atoms with Gasteiger partial charge < -0.3 is 10.4 Å². The van der Waals surface area contributed by atoms with Gasteiger partial charge in [-0.3, -0.25) is 9.00 Å². The first-order chi connectivity index (χ1) is 9.50. The molecule has 2 N–H and O–H groups in total. The predicted octanol–water partition coefficient (Wildman–Crippen LogP) is 1.85. The van der Waals surface area contributed by atoms with Crippen LogP contribution in [0.15, 0.2) is 29.2 Å². The minimum Gasteiger partial charge on any atom is -0.388 e. The van der Waals surface area contributed by atoms with Gasteiger partial charge in [0.15, 0.2) is 0 Å². The molecule has 20 heavy (non-hydrogen) atoms. The van der Waals surface area contributed by atoms with E-state index in [1.807, 2.05) is 0 Å². The Kier molecular flexibility index (Phi) is 4.94. The maximum atomic E-state index is 12.0. The number of carbonyl (C=O) groups is 1. The minimum absolute atomic E-state index is 0.197. The van der Waals surface area contributed by atoms with Gasteiger partial charge in [-0.25, -0.2) is 0 Å². The van der Waals surface area contributed by atoms with E-state index in [1.165, 1.54) is 0 Å². The third-order valence-corrected chi connectivity index (χ3v) is 4.75. The number of rotatable bonds is 4. The van der Waals surface area contributed by atoms with Crippen molar-refractivity contribution in [2.75, 3.05) is 12.8 Å². The average molecular weight is 295 g/mol. The monoisotopic (exact) mass is 295 g/mol. The first-order valence-electron chi connectivity index (χ1n) is 6.94. The highest BCUT2D eigenvalue weighted by Crippen LogP contribution is 2.27. The molecule has 110 valence electrons. The van der Waals surface area contributed by atoms with Crippen molar-refractivity contribution in [3.8, 4) is 0 Å². The highest BCUT2D eigenvalue weighted by atomic mass is 32.2. The van der Waals surface area contributed by atoms with Gasteiger partial charge >= 0.3 is 0 Å². The van der Waals surface area contributed by atoms with Gasteiger partial charge in [0.05, 0.1) is 5.60 Å². The molecule has 1 atom stereocenters. The lowest BCUT2D eigenvalue weighted by Crippen LogP contribution is -2.44. The second-order valence-corrected chi connectivity index (χ2v) is 6.83. The molecular formula is C15H21NO3S. The summed E-state index contributed by atoms with van der Waals surface area (Å²) in [6.45, 7) is 0.299. The first kappa shape index (κ1) is 15.2. The first-order valence-corrected chi connectivity index (χ1v) is 8.50. The molecule has 4 nitrogen and oxygen atoms in total. The number of carbonyl (C=O) groups excluding carboxylic acids is 1. The van der Waals surface area contributed by atoms with E-state index < -0.39 is 16.4 Å². The van der Waals surface area contributed by atoms with Crippen LogP contribution in [0.2, 0.25) is 0 Å². The Hall–Kier alpha value is -1.20. The Balaban J connectivity index is 1.92. The molecule has 0 radical (unpaired) electrons. The van der Waals surface area contributed by atoms with Crippen LogP contribution in [0.4, 0.5) is 0 Å². The van der Waals surface area contributed by atoms with Gasteiger partial charge in [-0.1, -0.05) is 19.3 Å². The Morgan fingerprint density at radius 2 is 1.85 bits per heavy atom. The van der Waals surface area contributed by atoms with E-state index in [2.05, 4.69) is 5.32 Å². The highest BCUT2D eigenvalue weighted by Gasteiger charge is 2.29. The zero-order chi connectivity index (χ0) is 14.6. The Labute approximate surface area is 122 Å². The van der Waals surface area contributed by atoms with Crippen LogP contribution in [-0.4, -0.2) is 33.6 Å². The summed E-state index contributed by atoms with van der Waals surface area (Å²) in [7, 11) is -1.04. The summed E-state index contributed by atoms with van der Waals surface area (Å²) in [5.41, 5.74) is -0.225. The van der Waals surface area contributed by atoms with Crippen molar-refractivity contribution in [1.29, 1.82) is 0 Å². The number of nitrogens with one attached hydrogen (secondary N) is 1. The van der Waals surface area contributed by atoms with E-state index in [0.29, 0.717) is 17.0 Å². The Morgan fingerprint density at radius 3 is 2.40 bits per heavy atom. The smallest absolute Gasteiger partial charge is 0.251 e. The zero-order valence-corrected chi connectivity index (χ0v) is 12.5. The number of benzene rings is 1. The fraction of sp³-hybridized carbons (Fsp3) is 0.533. The van der Waals surface area contributed by atoms with E-state index in [9.17, 15) is 14.1 Å². The van der Waals surface area contributed by atoms with Crippen molar-refractivity contribution < 1.29 is 14.1 Å². The van der Waals surface area contributed by atoms with Gasteiger partial charge in [-0.15, -0.1) is 0 Å². The molecule has 0 heterocycles. The van der Waals surface area contributed by atoms with Crippen molar-refractivity contribution in [3.63, 3.8) is 0 Å². The number of amides is 1. The van der Waals surface area contributed by atoms with Crippen LogP contribution in [0.1, 0.15) is 42.5 Å². The second-order valence-electron chi connectivity index (χ2n) is 5.45. The van der Waals surface area contributed by atoms with Crippen LogP contribution in [0.3, 0.4) is 0 Å². The predicted molar refractivity (Wildman–Crippen MR) is 79.1 cm³/mol. The van der Waals surface area contributed by atoms with Crippen molar-refractivity contribution in [2.45, 2.75) is 42.6 Å². The van der Waals surface area contributed by atoms with E-state index in [4.69, 9.17) is 0 Å². The van der Waals surface area contributed by atoms with Crippen molar-refractivity contribution in [2.24, 2.45) is 0 Å². The van der Waals surface area contributed by atoms with E-state index in [-0.39, 0.29) is 5.91 Å². The molecular weight excluding hydrogens is 274 g/mol. The fourth-order valence-corrected chi connectivity index (χ4v) is 3.05. The van der Waals surface area contributed by atoms with Crippen LogP contribution in [0.25, 0.3) is 0 Å². The Morgan fingerprint density at radius 1 is 1.25 bits per heavy atom. The van der Waals surface area contributed by atoms with Gasteiger partial charge in [0, 0.05) is 34.1 Å². The van der Waals surface area contributed by atoms with Crippen molar-refractivity contribution in [3.05, 3.63) is 29.8 Å². The quantitative estimate of drug-likeness (QED) is 0.891. The van der Waals surface area contributed by atoms with Crippen LogP contribution in [0.5, 0.6) is 0 Å². The van der Waals surface area contributed by atoms with Gasteiger partial charge in [0.2, 0.25) is 0 Å². The normalized spacial score (nSPS) is 19.3. The molecule has 5 heteroatoms. The van der Waals surface area contributed by atoms with Gasteiger partial charge in [0.25, 0.3) is 5.91 Å². The molecule has 1 fully saturated rings. The summed E-state index contributed by atoms with van der Waals surface area (Å²) in [5, 5.41) is 13.1. The van der Waals surface area contributed by atoms with Gasteiger partial charge in [-0.05, 0) is 37.1 Å². The number of hydrogen-bond donors (Lipinski definition) is 2. The van der Waals surface area contributed by atoms with Crippen LogP contribution in [0, 0.1) is 0 Å². The Bertz CT molecular complexity index is 492. The summed E-state index contributed by atoms with van der Waals surface area (Å²) in [4.78, 5) is 12.7. The maximum Gasteiger partial charge on any atom is 0.251 e. The largest absolute Gasteiger partial charge is 0.388 e. The standard InChI is InChI=1S/C15H21NO3S/c1-20(19)13-7-5-12(6-8-13)14(17)16-11-15(18)9-3-2-4-10-15/h5-8,18H,2-4,9-11H2,1H3,(H,16,17). The lowest BCUT2D eigenvalue weighted by molar-refractivity contribution is 0.00525. The second kappa shape index (κ2) is 6.50. The molecule has 0 saturated heterocycles. The third kappa shape index (κ3) is 3.90. The number of hydrogen-bond acceptors (Lipinski definition) is 3. The van der Waals surface area contributed by atoms with Crippen molar-refractivity contribution in [1.82, 2.24) is 5.32 Å². The zero-order valence-electron chi connectivity index (χ0n) is 11.7. The molecule has 1 aliphatic rings. The molecule has 0 aliphatic heterocycles. The SMILES string of the molecule is CS(=O)c1ccc(C(=O)NCC2(O)CCCCC2)cc1. The molecule has 1 aromatic rings. The van der Waals surface area contributed by atoms with Gasteiger partial charge in [0.1, 0.15) is 0 Å². The van der Waals surface area contributed by atoms with E-state index in [1.54, 1.807) is 30.5 Å². The van der Waals surface area contributed by atoms with Crippen LogP contribution < -0.4 is 5.32 Å². The maximum absolute atomic E-state index is 12.0. The summed E-state index contributed by atoms with van der Waals surface area (Å²) in [5.74, 6) is -0.197. The lowest BCUT2D eigenvalue weighted by atomic mass is 9.85. The average Bonchev–Trinajstić information content (AvgIpc) is 2.46. The van der Waals surface area contributed by atoms with Crippen LogP contribution in [-0.2, 0) is 10.8 Å². The molecule has 0 aromatic heterocycles. The minimum atomic E-state index is -1.04. The summed E-state index contributed by atoms with van der Waals surface area (Å²) in [6.07, 6.45) is 6.30. The molecule has 1 amide bonds. The van der Waals surface area contributed by atoms with E-state index >= 15 is 0 Å². The molecule has 1 aromatic carbocycles. The van der Waals surface area contributed by atoms with E-state index in [0.717, 1.165) is 32.1 Å². The molecule has 0 bridgehead atoms. The summed E-state index contributed by atoms with van der Waals surface area (Å²) >= 11 is 0. The van der Waals surface area contributed by atoms with Crippen molar-refractivity contribution >= 4 is 16.7 Å². The summed E-state index contributed by atoms with van der Waals surface area (Å²) < 4.78 is 11.3. The number of aliphatic hydroxyl groups is 1. The molecule has 2 rings (SSSR count). The highest BCUT2D eigenvalue weighted by molar-refractivity contribution is 7.84. The fourth-order valence-electron chi connectivity index (χ4n) is 2.53. The molecule has 1 saturated carbocycles. The summed E-state index contributed by atoms with van der Waals surface area (Å²) in [6, 6.07) is 6.72. The molecule has 1 unspecified atom stereocenters. The lowest BCUT2D eigenvalue weighted by Gasteiger charge is -2.32. The molecule has 0 spiro atoms. The third-order valence-electron chi connectivity index (χ3n) is 3.81. The molecule has 1 aliphatic carbocycles. The van der Waals surface area contributed by atoms with Crippen LogP contribution >= 0.6 is 0 Å².